The smallest absolute Gasteiger partial charge is 0.196 e. The van der Waals surface area contributed by atoms with Crippen molar-refractivity contribution in [2.75, 3.05) is 0 Å². The number of hydrogen-bond donors (Lipinski definition) is 0. The number of aromatic nitrogens is 1. The van der Waals surface area contributed by atoms with Crippen LogP contribution < -0.4 is 4.74 Å². The molecular formula is C11H10INO2. The highest BCUT2D eigenvalue weighted by molar-refractivity contribution is 14.1. The third kappa shape index (κ3) is 2.95. The number of aryl methyl sites for hydroxylation is 1. The summed E-state index contributed by atoms with van der Waals surface area (Å²) in [5.41, 5.74) is 2.03. The van der Waals surface area contributed by atoms with E-state index in [9.17, 15) is 0 Å². The normalized spacial score (nSPS) is 10.3. The van der Waals surface area contributed by atoms with Crippen molar-refractivity contribution >= 4 is 22.6 Å². The van der Waals surface area contributed by atoms with Gasteiger partial charge in [0.25, 0.3) is 0 Å². The second kappa shape index (κ2) is 4.65. The molecule has 2 rings (SSSR count). The predicted octanol–water partition coefficient (Wildman–Crippen LogP) is 3.17. The Morgan fingerprint density at radius 3 is 2.67 bits per heavy atom. The highest BCUT2D eigenvalue weighted by Gasteiger charge is 2.01. The van der Waals surface area contributed by atoms with Crippen molar-refractivity contribution in [1.29, 1.82) is 0 Å². The van der Waals surface area contributed by atoms with Gasteiger partial charge in [-0.15, -0.1) is 0 Å². The van der Waals surface area contributed by atoms with Crippen LogP contribution in [0, 0.1) is 10.7 Å². The van der Waals surface area contributed by atoms with Crippen molar-refractivity contribution in [3.05, 3.63) is 45.4 Å². The third-order valence-corrected chi connectivity index (χ3v) is 2.45. The van der Waals surface area contributed by atoms with Gasteiger partial charge in [0.1, 0.15) is 18.1 Å². The van der Waals surface area contributed by atoms with E-state index in [1.807, 2.05) is 37.3 Å². The van der Waals surface area contributed by atoms with Gasteiger partial charge in [0.15, 0.2) is 3.77 Å². The summed E-state index contributed by atoms with van der Waals surface area (Å²) in [4.78, 5) is 0. The van der Waals surface area contributed by atoms with Crippen molar-refractivity contribution < 1.29 is 9.26 Å². The Labute approximate surface area is 102 Å². The van der Waals surface area contributed by atoms with Crippen LogP contribution in [0.15, 0.2) is 34.9 Å². The van der Waals surface area contributed by atoms with E-state index >= 15 is 0 Å². The first-order valence-electron chi connectivity index (χ1n) is 4.54. The van der Waals surface area contributed by atoms with E-state index in [1.165, 1.54) is 5.56 Å². The summed E-state index contributed by atoms with van der Waals surface area (Å²) in [6.45, 7) is 2.49. The third-order valence-electron chi connectivity index (χ3n) is 1.94. The molecule has 0 atom stereocenters. The average Bonchev–Trinajstić information content (AvgIpc) is 2.64. The van der Waals surface area contributed by atoms with Crippen LogP contribution in [0.2, 0.25) is 0 Å². The van der Waals surface area contributed by atoms with Crippen molar-refractivity contribution in [2.24, 2.45) is 0 Å². The molecule has 78 valence electrons. The van der Waals surface area contributed by atoms with Crippen LogP contribution >= 0.6 is 22.6 Å². The monoisotopic (exact) mass is 315 g/mol. The molecular weight excluding hydrogens is 305 g/mol. The fourth-order valence-corrected chi connectivity index (χ4v) is 1.60. The summed E-state index contributed by atoms with van der Waals surface area (Å²) >= 11 is 2.07. The SMILES string of the molecule is Cc1ccc(OCc2cc(I)on2)cc1. The van der Waals surface area contributed by atoms with Gasteiger partial charge in [-0.2, -0.15) is 0 Å². The van der Waals surface area contributed by atoms with Gasteiger partial charge in [-0.25, -0.2) is 0 Å². The van der Waals surface area contributed by atoms with Crippen LogP contribution in [0.25, 0.3) is 0 Å². The number of nitrogens with zero attached hydrogens (tertiary/aromatic N) is 1. The summed E-state index contributed by atoms with van der Waals surface area (Å²) in [7, 11) is 0. The summed E-state index contributed by atoms with van der Waals surface area (Å²) in [6, 6.07) is 9.78. The zero-order valence-corrected chi connectivity index (χ0v) is 10.4. The molecule has 4 heteroatoms. The lowest BCUT2D eigenvalue weighted by Crippen LogP contribution is -1.95. The molecule has 0 unspecified atom stereocenters. The van der Waals surface area contributed by atoms with E-state index < -0.39 is 0 Å². The van der Waals surface area contributed by atoms with E-state index in [0.717, 1.165) is 15.2 Å². The van der Waals surface area contributed by atoms with Crippen LogP contribution in [-0.4, -0.2) is 5.16 Å². The Hall–Kier alpha value is -1.04. The molecule has 0 aliphatic carbocycles. The Bertz CT molecular complexity index is 436. The van der Waals surface area contributed by atoms with Gasteiger partial charge in [0.2, 0.25) is 0 Å². The van der Waals surface area contributed by atoms with Gasteiger partial charge in [-0.3, -0.25) is 0 Å². The van der Waals surface area contributed by atoms with Crippen molar-refractivity contribution in [1.82, 2.24) is 5.16 Å². The van der Waals surface area contributed by atoms with Crippen molar-refractivity contribution in [3.63, 3.8) is 0 Å². The lowest BCUT2D eigenvalue weighted by atomic mass is 10.2. The maximum absolute atomic E-state index is 5.53. The zero-order chi connectivity index (χ0) is 10.7. The summed E-state index contributed by atoms with van der Waals surface area (Å²) in [6.07, 6.45) is 0. The van der Waals surface area contributed by atoms with Crippen LogP contribution in [0.4, 0.5) is 0 Å². The molecule has 0 radical (unpaired) electrons. The first-order chi connectivity index (χ1) is 7.24. The minimum absolute atomic E-state index is 0.440. The largest absolute Gasteiger partial charge is 0.487 e. The zero-order valence-electron chi connectivity index (χ0n) is 8.24. The van der Waals surface area contributed by atoms with Gasteiger partial charge in [0, 0.05) is 28.7 Å². The maximum atomic E-state index is 5.53. The van der Waals surface area contributed by atoms with Gasteiger partial charge in [0.05, 0.1) is 0 Å². The molecule has 0 fully saturated rings. The quantitative estimate of drug-likeness (QED) is 0.816. The maximum Gasteiger partial charge on any atom is 0.196 e. The molecule has 0 aliphatic heterocycles. The highest BCUT2D eigenvalue weighted by Crippen LogP contribution is 2.14. The molecule has 0 amide bonds. The Kier molecular flexibility index (Phi) is 3.25. The molecule has 2 aromatic rings. The van der Waals surface area contributed by atoms with Gasteiger partial charge < -0.3 is 9.26 Å². The Morgan fingerprint density at radius 1 is 1.33 bits per heavy atom. The first kappa shape index (κ1) is 10.5. The summed E-state index contributed by atoms with van der Waals surface area (Å²) in [5.74, 6) is 0.846. The minimum Gasteiger partial charge on any atom is -0.487 e. The highest BCUT2D eigenvalue weighted by atomic mass is 127. The molecule has 0 saturated heterocycles. The number of rotatable bonds is 3. The molecule has 3 nitrogen and oxygen atoms in total. The minimum atomic E-state index is 0.440. The average molecular weight is 315 g/mol. The van der Waals surface area contributed by atoms with Crippen molar-refractivity contribution in [2.45, 2.75) is 13.5 Å². The molecule has 0 saturated carbocycles. The van der Waals surface area contributed by atoms with Crippen LogP contribution in [-0.2, 0) is 6.61 Å². The van der Waals surface area contributed by atoms with Gasteiger partial charge in [-0.1, -0.05) is 22.9 Å². The van der Waals surface area contributed by atoms with E-state index in [2.05, 4.69) is 27.7 Å². The number of halogens is 1. The molecule has 0 spiro atoms. The number of benzene rings is 1. The fourth-order valence-electron chi connectivity index (χ4n) is 1.15. The van der Waals surface area contributed by atoms with Crippen LogP contribution in [0.3, 0.4) is 0 Å². The molecule has 0 bridgehead atoms. The second-order valence-electron chi connectivity index (χ2n) is 3.22. The van der Waals surface area contributed by atoms with E-state index in [1.54, 1.807) is 0 Å². The fraction of sp³-hybridized carbons (Fsp3) is 0.182. The topological polar surface area (TPSA) is 35.3 Å². The van der Waals surface area contributed by atoms with Crippen LogP contribution in [0.1, 0.15) is 11.3 Å². The number of hydrogen-bond acceptors (Lipinski definition) is 3. The molecule has 1 aromatic carbocycles. The van der Waals surface area contributed by atoms with Crippen LogP contribution in [0.5, 0.6) is 5.75 Å². The first-order valence-corrected chi connectivity index (χ1v) is 5.62. The standard InChI is InChI=1S/C11H10INO2/c1-8-2-4-10(5-3-8)14-7-9-6-11(12)15-13-9/h2-6H,7H2,1H3. The number of ether oxygens (including phenoxy) is 1. The van der Waals surface area contributed by atoms with E-state index in [-0.39, 0.29) is 0 Å². The second-order valence-corrected chi connectivity index (χ2v) is 4.29. The Balaban J connectivity index is 1.96. The molecule has 0 N–H and O–H groups in total. The van der Waals surface area contributed by atoms with Gasteiger partial charge >= 0.3 is 0 Å². The van der Waals surface area contributed by atoms with Gasteiger partial charge in [-0.05, 0) is 19.1 Å². The lowest BCUT2D eigenvalue weighted by molar-refractivity contribution is 0.287. The molecule has 15 heavy (non-hydrogen) atoms. The van der Waals surface area contributed by atoms with Crippen molar-refractivity contribution in [3.8, 4) is 5.75 Å². The van der Waals surface area contributed by atoms with E-state index in [4.69, 9.17) is 9.26 Å². The molecule has 0 aliphatic rings. The Morgan fingerprint density at radius 2 is 2.07 bits per heavy atom. The summed E-state index contributed by atoms with van der Waals surface area (Å²) < 4.78 is 11.2. The molecule has 1 aromatic heterocycles. The summed E-state index contributed by atoms with van der Waals surface area (Å²) in [5, 5.41) is 3.84. The lowest BCUT2D eigenvalue weighted by Gasteiger charge is -2.03. The van der Waals surface area contributed by atoms with E-state index in [0.29, 0.717) is 6.61 Å². The predicted molar refractivity (Wildman–Crippen MR) is 64.7 cm³/mol. The molecule has 1 heterocycles.